The molecule has 182 valence electrons. The maximum Gasteiger partial charge on any atom is 0.407 e. The van der Waals surface area contributed by atoms with Crippen molar-refractivity contribution in [2.24, 2.45) is 5.92 Å². The quantitative estimate of drug-likeness (QED) is 0.440. The molecule has 8 heteroatoms. The molecule has 0 aromatic heterocycles. The lowest BCUT2D eigenvalue weighted by Crippen LogP contribution is -2.53. The summed E-state index contributed by atoms with van der Waals surface area (Å²) in [6, 6.07) is 14.2. The van der Waals surface area contributed by atoms with Crippen molar-refractivity contribution in [3.8, 4) is 11.1 Å². The summed E-state index contributed by atoms with van der Waals surface area (Å²) in [5, 5.41) is 14.7. The molecule has 0 spiro atoms. The Balaban J connectivity index is 1.66. The summed E-state index contributed by atoms with van der Waals surface area (Å²) < 4.78 is 5.57. The number of carbonyl (C=O) groups is 3. The number of rotatable bonds is 11. The number of carboxylic acids is 1. The van der Waals surface area contributed by atoms with Gasteiger partial charge in [-0.2, -0.15) is 11.8 Å². The summed E-state index contributed by atoms with van der Waals surface area (Å²) in [5.74, 6) is -1.30. The molecule has 0 unspecified atom stereocenters. The van der Waals surface area contributed by atoms with Gasteiger partial charge >= 0.3 is 12.1 Å². The highest BCUT2D eigenvalue weighted by Gasteiger charge is 2.31. The van der Waals surface area contributed by atoms with Gasteiger partial charge in [0.25, 0.3) is 0 Å². The van der Waals surface area contributed by atoms with Crippen LogP contribution in [0.25, 0.3) is 11.1 Å². The number of aliphatic carboxylic acids is 1. The molecular formula is C26H32N2O5S. The second kappa shape index (κ2) is 11.9. The number of ether oxygens (including phenoxy) is 1. The van der Waals surface area contributed by atoms with Crippen LogP contribution < -0.4 is 10.6 Å². The largest absolute Gasteiger partial charge is 0.480 e. The van der Waals surface area contributed by atoms with Crippen LogP contribution in [0.2, 0.25) is 0 Å². The van der Waals surface area contributed by atoms with E-state index in [0.29, 0.717) is 18.6 Å². The van der Waals surface area contributed by atoms with Crippen LogP contribution in [0, 0.1) is 5.92 Å². The molecule has 3 atom stereocenters. The number of alkyl carbamates (subject to hydrolysis) is 1. The Hall–Kier alpha value is -3.00. The Labute approximate surface area is 204 Å². The lowest BCUT2D eigenvalue weighted by atomic mass is 9.98. The van der Waals surface area contributed by atoms with E-state index >= 15 is 0 Å². The highest BCUT2D eigenvalue weighted by atomic mass is 32.2. The van der Waals surface area contributed by atoms with Gasteiger partial charge in [-0.1, -0.05) is 68.8 Å². The van der Waals surface area contributed by atoms with Gasteiger partial charge in [-0.15, -0.1) is 0 Å². The van der Waals surface area contributed by atoms with Crippen molar-refractivity contribution in [1.82, 2.24) is 10.6 Å². The average molecular weight is 485 g/mol. The zero-order valence-corrected chi connectivity index (χ0v) is 20.6. The Morgan fingerprint density at radius 2 is 1.62 bits per heavy atom. The molecule has 2 amide bonds. The van der Waals surface area contributed by atoms with Crippen LogP contribution in [-0.4, -0.2) is 53.8 Å². The molecule has 0 bridgehead atoms. The highest BCUT2D eigenvalue weighted by molar-refractivity contribution is 7.98. The smallest absolute Gasteiger partial charge is 0.407 e. The number of thioether (sulfide) groups is 1. The van der Waals surface area contributed by atoms with Gasteiger partial charge in [-0.05, 0) is 46.6 Å². The fourth-order valence-corrected chi connectivity index (χ4v) is 4.70. The minimum atomic E-state index is -1.09. The second-order valence-corrected chi connectivity index (χ2v) is 9.50. The first kappa shape index (κ1) is 25.6. The molecule has 3 rings (SSSR count). The van der Waals surface area contributed by atoms with Crippen LogP contribution in [-0.2, 0) is 14.3 Å². The molecule has 3 N–H and O–H groups in total. The molecule has 34 heavy (non-hydrogen) atoms. The Morgan fingerprint density at radius 1 is 1.03 bits per heavy atom. The zero-order chi connectivity index (χ0) is 24.7. The third-order valence-corrected chi connectivity index (χ3v) is 6.98. The van der Waals surface area contributed by atoms with E-state index in [9.17, 15) is 19.5 Å². The topological polar surface area (TPSA) is 105 Å². The molecule has 7 nitrogen and oxygen atoms in total. The van der Waals surface area contributed by atoms with Gasteiger partial charge in [0, 0.05) is 5.92 Å². The average Bonchev–Trinajstić information content (AvgIpc) is 3.16. The normalized spacial score (nSPS) is 14.9. The van der Waals surface area contributed by atoms with Crippen molar-refractivity contribution in [3.05, 3.63) is 59.7 Å². The van der Waals surface area contributed by atoms with Crippen molar-refractivity contribution in [2.45, 2.75) is 44.7 Å². The van der Waals surface area contributed by atoms with Gasteiger partial charge in [0.15, 0.2) is 0 Å². The number of hydrogen-bond donors (Lipinski definition) is 3. The molecule has 0 saturated carbocycles. The van der Waals surface area contributed by atoms with Crippen molar-refractivity contribution >= 4 is 29.7 Å². The van der Waals surface area contributed by atoms with E-state index in [4.69, 9.17) is 4.74 Å². The highest BCUT2D eigenvalue weighted by Crippen LogP contribution is 2.44. The fourth-order valence-electron chi connectivity index (χ4n) is 4.22. The molecule has 2 aromatic rings. The van der Waals surface area contributed by atoms with E-state index in [-0.39, 0.29) is 18.4 Å². The lowest BCUT2D eigenvalue weighted by Gasteiger charge is -2.24. The van der Waals surface area contributed by atoms with Gasteiger partial charge in [-0.3, -0.25) is 4.79 Å². The Bertz CT molecular complexity index is 982. The van der Waals surface area contributed by atoms with Gasteiger partial charge in [0.2, 0.25) is 5.91 Å². The molecule has 0 heterocycles. The summed E-state index contributed by atoms with van der Waals surface area (Å²) in [7, 11) is 0. The van der Waals surface area contributed by atoms with Crippen molar-refractivity contribution in [3.63, 3.8) is 0 Å². The van der Waals surface area contributed by atoms with Gasteiger partial charge in [0.05, 0.1) is 0 Å². The number of carbonyl (C=O) groups excluding carboxylic acids is 2. The van der Waals surface area contributed by atoms with Crippen LogP contribution in [0.3, 0.4) is 0 Å². The predicted octanol–water partition coefficient (Wildman–Crippen LogP) is 4.26. The van der Waals surface area contributed by atoms with E-state index in [1.54, 1.807) is 18.7 Å². The van der Waals surface area contributed by atoms with Crippen molar-refractivity contribution in [1.29, 1.82) is 0 Å². The molecule has 0 aliphatic heterocycles. The summed E-state index contributed by atoms with van der Waals surface area (Å²) in [6.45, 7) is 3.78. The van der Waals surface area contributed by atoms with E-state index in [2.05, 4.69) is 22.8 Å². The molecule has 1 aliphatic rings. The molecule has 0 fully saturated rings. The molecular weight excluding hydrogens is 452 g/mol. The number of benzene rings is 2. The van der Waals surface area contributed by atoms with Crippen LogP contribution in [0.4, 0.5) is 4.79 Å². The van der Waals surface area contributed by atoms with Crippen LogP contribution in [0.1, 0.15) is 43.7 Å². The maximum atomic E-state index is 12.9. The molecule has 2 aromatic carbocycles. The van der Waals surface area contributed by atoms with E-state index in [1.807, 2.05) is 49.6 Å². The SMILES string of the molecule is CC[C@H](C)[C@H](NC(=O)[C@H](CCSC)NC(=O)OCC1c2ccccc2-c2ccccc21)C(=O)O. The van der Waals surface area contributed by atoms with E-state index in [1.165, 1.54) is 0 Å². The van der Waals surface area contributed by atoms with Crippen LogP contribution in [0.5, 0.6) is 0 Å². The van der Waals surface area contributed by atoms with E-state index < -0.39 is 30.1 Å². The fraction of sp³-hybridized carbons (Fsp3) is 0.423. The monoisotopic (exact) mass is 484 g/mol. The van der Waals surface area contributed by atoms with E-state index in [0.717, 1.165) is 22.3 Å². The Morgan fingerprint density at radius 3 is 2.15 bits per heavy atom. The lowest BCUT2D eigenvalue weighted by molar-refractivity contribution is -0.143. The molecule has 0 saturated heterocycles. The van der Waals surface area contributed by atoms with Gasteiger partial charge in [0.1, 0.15) is 18.7 Å². The van der Waals surface area contributed by atoms with Crippen molar-refractivity contribution < 1.29 is 24.2 Å². The van der Waals surface area contributed by atoms with Gasteiger partial charge in [-0.25, -0.2) is 9.59 Å². The minimum absolute atomic E-state index is 0.0848. The summed E-state index contributed by atoms with van der Waals surface area (Å²) >= 11 is 1.54. The first-order chi connectivity index (χ1) is 16.4. The van der Waals surface area contributed by atoms with Crippen molar-refractivity contribution in [2.75, 3.05) is 18.6 Å². The third-order valence-electron chi connectivity index (χ3n) is 6.34. The summed E-state index contributed by atoms with van der Waals surface area (Å²) in [4.78, 5) is 37.1. The predicted molar refractivity (Wildman–Crippen MR) is 134 cm³/mol. The second-order valence-electron chi connectivity index (χ2n) is 8.51. The third kappa shape index (κ3) is 5.91. The molecule has 1 aliphatic carbocycles. The van der Waals surface area contributed by atoms with Crippen LogP contribution >= 0.6 is 11.8 Å². The Kier molecular flexibility index (Phi) is 8.98. The minimum Gasteiger partial charge on any atom is -0.480 e. The van der Waals surface area contributed by atoms with Crippen LogP contribution in [0.15, 0.2) is 48.5 Å². The number of carboxylic acid groups (broad SMARTS) is 1. The number of fused-ring (bicyclic) bond motifs is 3. The first-order valence-corrected chi connectivity index (χ1v) is 12.9. The first-order valence-electron chi connectivity index (χ1n) is 11.5. The summed E-state index contributed by atoms with van der Waals surface area (Å²) in [6.07, 6.45) is 2.18. The standard InChI is InChI=1S/C26H32N2O5S/c1-4-16(2)23(25(30)31)28-24(29)22(13-14-34-3)27-26(32)33-15-21-19-11-7-5-9-17(19)18-10-6-8-12-20(18)21/h5-12,16,21-23H,4,13-15H2,1-3H3,(H,27,32)(H,28,29)(H,30,31)/t16-,22-,23-/m0/s1. The molecule has 0 radical (unpaired) electrons. The maximum absolute atomic E-state index is 12.9. The number of amides is 2. The number of nitrogens with one attached hydrogen (secondary N) is 2. The zero-order valence-electron chi connectivity index (χ0n) is 19.7. The number of hydrogen-bond acceptors (Lipinski definition) is 5. The summed E-state index contributed by atoms with van der Waals surface area (Å²) in [5.41, 5.74) is 4.47. The van der Waals surface area contributed by atoms with Gasteiger partial charge < -0.3 is 20.5 Å².